The van der Waals surface area contributed by atoms with Crippen LogP contribution in [0.25, 0.3) is 78.4 Å². The van der Waals surface area contributed by atoms with Gasteiger partial charge in [-0.2, -0.15) is 0 Å². The number of H-pyrrole nitrogens is 1. The van der Waals surface area contributed by atoms with Crippen LogP contribution in [-0.4, -0.2) is 206 Å². The summed E-state index contributed by atoms with van der Waals surface area (Å²) in [4.78, 5) is 44.8. The van der Waals surface area contributed by atoms with E-state index in [-0.39, 0.29) is 0 Å². The first-order valence-corrected chi connectivity index (χ1v) is 28.7. The van der Waals surface area contributed by atoms with Gasteiger partial charge in [0.15, 0.2) is 23.3 Å². The Hall–Kier alpha value is -6.28. The van der Waals surface area contributed by atoms with E-state index in [1.807, 2.05) is 11.8 Å². The van der Waals surface area contributed by atoms with Crippen LogP contribution in [0.4, 0.5) is 0 Å². The third kappa shape index (κ3) is 11.2. The molecule has 0 saturated carbocycles. The smallest absolute Gasteiger partial charge is 0.307 e. The number of hydrogen-bond donors (Lipinski definition) is 1. The molecule has 75 heavy (non-hydrogen) atoms. The largest absolute Gasteiger partial charge is 0.324 e. The molecule has 15 nitrogen and oxygen atoms in total. The van der Waals surface area contributed by atoms with E-state index in [0.29, 0.717) is 34.6 Å². The van der Waals surface area contributed by atoms with Crippen LogP contribution in [0, 0.1) is 10.7 Å². The number of thioether (sulfide) groups is 4. The highest BCUT2D eigenvalue weighted by Gasteiger charge is 2.26. The molecule has 0 atom stereocenters. The standard InChI is InChI=1S/C56H69N15S4/c1-64(2)53(65(3)4)72-29-33-17-21-37-41(25-33)46-45(37)57-50-42-26-34(30-73-54(66(5)6)67(7)8)19-23-39(42)48(60-50)61-52-44-28-36(32-75-56(70(13)14)71(15)16)20-24-40(44)49(63-52)62-51-43-27-35(18-22-38(43)47(58-46)59-51)31-74-55(68(9)10)69(11)12/h17-28H,29-32H2,1-16H3,(H,57,58,59,60,61,62,63)/q+4. The number of fused-ring (bicyclic) bond motifs is 18. The van der Waals surface area contributed by atoms with Gasteiger partial charge in [0.05, 0.1) is 123 Å². The van der Waals surface area contributed by atoms with Crippen LogP contribution in [0.5, 0.6) is 0 Å². The van der Waals surface area contributed by atoms with E-state index >= 15 is 0 Å². The lowest BCUT2D eigenvalue weighted by atomic mass is 10.0. The molecule has 0 saturated heterocycles. The molecular weight excluding hydrogens is 1010 g/mol. The van der Waals surface area contributed by atoms with Gasteiger partial charge in [0, 0.05) is 66.8 Å². The topological polar surface area (TPSA) is 118 Å². The summed E-state index contributed by atoms with van der Waals surface area (Å²) >= 11 is 7.21. The van der Waals surface area contributed by atoms with Crippen LogP contribution >= 0.6 is 47.0 Å². The van der Waals surface area contributed by atoms with Crippen molar-refractivity contribution in [2.45, 2.75) is 23.0 Å². The van der Waals surface area contributed by atoms with Crippen molar-refractivity contribution >= 4 is 101 Å². The highest BCUT2D eigenvalue weighted by atomic mass is 32.2. The van der Waals surface area contributed by atoms with Gasteiger partial charge in [-0.05, 0) is 93.6 Å². The second kappa shape index (κ2) is 22.1. The number of nitrogens with one attached hydrogen (secondary N) is 1. The van der Waals surface area contributed by atoms with E-state index in [0.717, 1.165) is 88.6 Å². The maximum atomic E-state index is 5.51. The molecule has 0 radical (unpaired) electrons. The van der Waals surface area contributed by atoms with Crippen molar-refractivity contribution in [2.24, 2.45) is 0 Å². The molecule has 1 aromatic heterocycles. The van der Waals surface area contributed by atoms with Gasteiger partial charge in [-0.15, -0.1) is 0 Å². The SMILES string of the molecule is CN(C)C(SCc1ccc2c(c1)-c1nc-2nc2[nH]c(nc3nc(nc4c5cc(CSC(N(C)C)=[N+](C)C)ccc5c=4n1)-c1ccc(CSC(N(C)C)=[N+](C)C)cc1-3)c1ccc(CSC(N(C)C)=[N+](C)C)cc21)=[N+](C)C. The fraction of sp³-hybridized carbons (Fsp3) is 0.357. The van der Waals surface area contributed by atoms with Crippen molar-refractivity contribution in [3.63, 3.8) is 0 Å². The number of amidine groups is 4. The Labute approximate surface area is 457 Å². The van der Waals surface area contributed by atoms with Crippen LogP contribution in [0.15, 0.2) is 72.8 Å². The Balaban J connectivity index is 1.31. The number of hydrogen-bond acceptors (Lipinski definition) is 10. The van der Waals surface area contributed by atoms with E-state index in [9.17, 15) is 0 Å². The van der Waals surface area contributed by atoms with Crippen molar-refractivity contribution in [3.8, 4) is 45.6 Å². The average Bonchev–Trinajstić information content (AvgIpc) is 3.98. The van der Waals surface area contributed by atoms with Gasteiger partial charge >= 0.3 is 20.7 Å². The maximum absolute atomic E-state index is 5.51. The normalized spacial score (nSPS) is 11.6. The summed E-state index contributed by atoms with van der Waals surface area (Å²) in [6.45, 7) is 0. The molecule has 4 aliphatic rings. The molecule has 19 heteroatoms. The Kier molecular flexibility index (Phi) is 15.8. The van der Waals surface area contributed by atoms with Crippen LogP contribution in [0.2, 0.25) is 0 Å². The number of benzene rings is 4. The second-order valence-corrected chi connectivity index (χ2v) is 24.2. The maximum Gasteiger partial charge on any atom is 0.307 e. The number of rotatable bonds is 8. The second-order valence-electron chi connectivity index (χ2n) is 20.4. The Morgan fingerprint density at radius 1 is 0.360 bits per heavy atom. The predicted octanol–water partition coefficient (Wildman–Crippen LogP) is 8.24. The summed E-state index contributed by atoms with van der Waals surface area (Å²) in [5.74, 6) is 5.47. The van der Waals surface area contributed by atoms with Gasteiger partial charge in [-0.3, -0.25) is 37.9 Å². The van der Waals surface area contributed by atoms with Gasteiger partial charge < -0.3 is 4.98 Å². The first-order chi connectivity index (χ1) is 35.8. The summed E-state index contributed by atoms with van der Waals surface area (Å²) < 4.78 is 8.62. The minimum absolute atomic E-state index is 0.587. The van der Waals surface area contributed by atoms with Crippen molar-refractivity contribution in [3.05, 3.63) is 106 Å². The minimum atomic E-state index is 0.587. The molecule has 0 fully saturated rings. The van der Waals surface area contributed by atoms with Crippen molar-refractivity contribution in [1.82, 2.24) is 54.5 Å². The number of aromatic nitrogens is 7. The monoisotopic (exact) mass is 1080 g/mol. The third-order valence-electron chi connectivity index (χ3n) is 12.6. The highest BCUT2D eigenvalue weighted by molar-refractivity contribution is 8.13. The lowest BCUT2D eigenvalue weighted by Gasteiger charge is -2.12. The Morgan fingerprint density at radius 3 is 1.09 bits per heavy atom. The van der Waals surface area contributed by atoms with E-state index < -0.39 is 0 Å². The average molecular weight is 1080 g/mol. The van der Waals surface area contributed by atoms with Crippen molar-refractivity contribution in [1.29, 1.82) is 0 Å². The molecule has 3 aliphatic heterocycles. The molecule has 1 aliphatic carbocycles. The van der Waals surface area contributed by atoms with Crippen LogP contribution in [0.3, 0.4) is 0 Å². The molecule has 1 N–H and O–H groups in total. The lowest BCUT2D eigenvalue weighted by molar-refractivity contribution is -0.466. The molecule has 388 valence electrons. The van der Waals surface area contributed by atoms with Gasteiger partial charge in [-0.1, -0.05) is 48.5 Å². The Morgan fingerprint density at radius 2 is 0.680 bits per heavy atom. The molecule has 0 spiro atoms. The van der Waals surface area contributed by atoms with E-state index in [1.165, 1.54) is 31.8 Å². The van der Waals surface area contributed by atoms with Crippen LogP contribution in [0.1, 0.15) is 22.3 Å². The quantitative estimate of drug-likeness (QED) is 0.0895. The fourth-order valence-electron chi connectivity index (χ4n) is 9.56. The van der Waals surface area contributed by atoms with Crippen molar-refractivity contribution < 1.29 is 18.3 Å². The fourth-order valence-corrected chi connectivity index (χ4v) is 13.5. The molecule has 6 bridgehead atoms. The first-order valence-electron chi connectivity index (χ1n) is 24.7. The molecule has 5 aromatic rings. The summed E-state index contributed by atoms with van der Waals surface area (Å²) in [6, 6.07) is 26.4. The van der Waals surface area contributed by atoms with Gasteiger partial charge in [0.2, 0.25) is 0 Å². The minimum Gasteiger partial charge on any atom is -0.324 e. The highest BCUT2D eigenvalue weighted by Crippen LogP contribution is 2.39. The lowest BCUT2D eigenvalue weighted by Crippen LogP contribution is -2.26. The van der Waals surface area contributed by atoms with Crippen LogP contribution in [-0.2, 0) is 23.0 Å². The molecule has 0 unspecified atom stereocenters. The predicted molar refractivity (Wildman–Crippen MR) is 319 cm³/mol. The summed E-state index contributed by atoms with van der Waals surface area (Å²) in [5.41, 5.74) is 9.73. The zero-order valence-electron chi connectivity index (χ0n) is 46.2. The van der Waals surface area contributed by atoms with Gasteiger partial charge in [-0.25, -0.2) is 29.9 Å². The summed E-state index contributed by atoms with van der Waals surface area (Å²) in [7, 11) is 33.3. The molecular formula is C56H69N15S4+4. The van der Waals surface area contributed by atoms with E-state index in [4.69, 9.17) is 29.9 Å². The molecule has 4 aromatic carbocycles. The Bertz CT molecular complexity index is 3730. The number of nitrogens with zero attached hydrogens (tertiary/aromatic N) is 14. The first kappa shape index (κ1) is 53.5. The zero-order valence-corrected chi connectivity index (χ0v) is 49.4. The summed E-state index contributed by atoms with van der Waals surface area (Å²) in [6.07, 6.45) is 0. The number of aromatic amines is 1. The zero-order chi connectivity index (χ0) is 53.6. The van der Waals surface area contributed by atoms with Gasteiger partial charge in [0.1, 0.15) is 11.3 Å². The van der Waals surface area contributed by atoms with E-state index in [1.54, 1.807) is 35.3 Å². The summed E-state index contributed by atoms with van der Waals surface area (Å²) in [5, 5.41) is 10.2. The molecule has 4 heterocycles. The van der Waals surface area contributed by atoms with Crippen molar-refractivity contribution in [2.75, 3.05) is 113 Å². The third-order valence-corrected chi connectivity index (χ3v) is 18.5. The van der Waals surface area contributed by atoms with E-state index in [2.05, 4.69) is 228 Å². The van der Waals surface area contributed by atoms with Gasteiger partial charge in [0.25, 0.3) is 0 Å². The van der Waals surface area contributed by atoms with Crippen LogP contribution < -0.4 is 0 Å². The molecule has 0 amide bonds. The molecule has 9 rings (SSSR count).